The number of nitrogens with zero attached hydrogens (tertiary/aromatic N) is 5. The molecule has 7 heteroatoms. The van der Waals surface area contributed by atoms with Crippen molar-refractivity contribution in [3.05, 3.63) is 36.7 Å². The van der Waals surface area contributed by atoms with E-state index in [1.54, 1.807) is 12.4 Å². The second-order valence-corrected chi connectivity index (χ2v) is 6.11. The van der Waals surface area contributed by atoms with Crippen LogP contribution < -0.4 is 10.2 Å². The number of anilines is 3. The first-order chi connectivity index (χ1) is 12.3. The van der Waals surface area contributed by atoms with Crippen molar-refractivity contribution in [1.29, 1.82) is 0 Å². The summed E-state index contributed by atoms with van der Waals surface area (Å²) in [6.45, 7) is 5.19. The average Bonchev–Trinajstić information content (AvgIpc) is 2.68. The molecule has 0 atom stereocenters. The maximum atomic E-state index is 12.1. The Morgan fingerprint density at radius 2 is 2.00 bits per heavy atom. The number of nitrogens with one attached hydrogen (secondary N) is 1. The van der Waals surface area contributed by atoms with Crippen LogP contribution in [-0.4, -0.2) is 52.2 Å². The standard InChI is InChI=1S/C18H24N6O/c1-2-3-6-18(25)24-12-10-23(11-13-24)17-8-7-16(21-22-17)20-15-5-4-9-19-14-15/h4-5,7-9,14H,2-3,6,10-13H2,1H3,(H,20,21). The summed E-state index contributed by atoms with van der Waals surface area (Å²) in [5.41, 5.74) is 0.878. The summed E-state index contributed by atoms with van der Waals surface area (Å²) < 4.78 is 0. The molecule has 2 aromatic rings. The normalized spacial score (nSPS) is 14.4. The molecule has 0 bridgehead atoms. The third-order valence-electron chi connectivity index (χ3n) is 4.28. The zero-order chi connectivity index (χ0) is 17.5. The molecule has 3 heterocycles. The van der Waals surface area contributed by atoms with Gasteiger partial charge in [0, 0.05) is 38.8 Å². The number of hydrogen-bond donors (Lipinski definition) is 1. The molecule has 7 nitrogen and oxygen atoms in total. The van der Waals surface area contributed by atoms with E-state index >= 15 is 0 Å². The number of carbonyl (C=O) groups is 1. The highest BCUT2D eigenvalue weighted by Gasteiger charge is 2.21. The van der Waals surface area contributed by atoms with Gasteiger partial charge in [0.1, 0.15) is 0 Å². The predicted octanol–water partition coefficient (Wildman–Crippen LogP) is 2.45. The van der Waals surface area contributed by atoms with Gasteiger partial charge < -0.3 is 15.1 Å². The Kier molecular flexibility index (Phi) is 5.77. The monoisotopic (exact) mass is 340 g/mol. The van der Waals surface area contributed by atoms with Crippen LogP contribution in [0.5, 0.6) is 0 Å². The van der Waals surface area contributed by atoms with Crippen molar-refractivity contribution in [1.82, 2.24) is 20.1 Å². The first-order valence-corrected chi connectivity index (χ1v) is 8.80. The number of rotatable bonds is 6. The number of piperazine rings is 1. The van der Waals surface area contributed by atoms with E-state index in [1.807, 2.05) is 29.2 Å². The molecule has 0 radical (unpaired) electrons. The zero-order valence-corrected chi connectivity index (χ0v) is 14.6. The Morgan fingerprint density at radius 1 is 1.16 bits per heavy atom. The lowest BCUT2D eigenvalue weighted by Crippen LogP contribution is -2.49. The van der Waals surface area contributed by atoms with Crippen molar-refractivity contribution in [3.63, 3.8) is 0 Å². The summed E-state index contributed by atoms with van der Waals surface area (Å²) >= 11 is 0. The topological polar surface area (TPSA) is 74.2 Å². The van der Waals surface area contributed by atoms with Crippen LogP contribution in [0.15, 0.2) is 36.7 Å². The summed E-state index contributed by atoms with van der Waals surface area (Å²) in [7, 11) is 0. The largest absolute Gasteiger partial charge is 0.352 e. The Labute approximate surface area is 148 Å². The van der Waals surface area contributed by atoms with Crippen LogP contribution in [0.2, 0.25) is 0 Å². The van der Waals surface area contributed by atoms with Gasteiger partial charge >= 0.3 is 0 Å². The highest BCUT2D eigenvalue weighted by atomic mass is 16.2. The van der Waals surface area contributed by atoms with Crippen LogP contribution in [-0.2, 0) is 4.79 Å². The van der Waals surface area contributed by atoms with Crippen LogP contribution in [0.4, 0.5) is 17.3 Å². The molecule has 0 unspecified atom stereocenters. The van der Waals surface area contributed by atoms with Gasteiger partial charge in [-0.2, -0.15) is 0 Å². The number of amides is 1. The maximum Gasteiger partial charge on any atom is 0.222 e. The van der Waals surface area contributed by atoms with Gasteiger partial charge in [-0.05, 0) is 30.7 Å². The molecule has 1 aliphatic heterocycles. The van der Waals surface area contributed by atoms with E-state index < -0.39 is 0 Å². The fourth-order valence-corrected chi connectivity index (χ4v) is 2.82. The molecule has 132 valence electrons. The van der Waals surface area contributed by atoms with E-state index in [-0.39, 0.29) is 5.91 Å². The lowest BCUT2D eigenvalue weighted by atomic mass is 10.2. The lowest BCUT2D eigenvalue weighted by molar-refractivity contribution is -0.131. The number of unbranched alkanes of at least 4 members (excludes halogenated alkanes) is 1. The minimum Gasteiger partial charge on any atom is -0.352 e. The molecule has 2 aromatic heterocycles. The van der Waals surface area contributed by atoms with Gasteiger partial charge in [0.2, 0.25) is 5.91 Å². The fraction of sp³-hybridized carbons (Fsp3) is 0.444. The number of hydrogen-bond acceptors (Lipinski definition) is 6. The van der Waals surface area contributed by atoms with Gasteiger partial charge in [0.15, 0.2) is 11.6 Å². The predicted molar refractivity (Wildman–Crippen MR) is 97.9 cm³/mol. The van der Waals surface area contributed by atoms with E-state index in [0.29, 0.717) is 12.2 Å². The van der Waals surface area contributed by atoms with Gasteiger partial charge in [-0.25, -0.2) is 0 Å². The molecular weight excluding hydrogens is 316 g/mol. The average molecular weight is 340 g/mol. The molecular formula is C18H24N6O. The van der Waals surface area contributed by atoms with Gasteiger partial charge in [-0.3, -0.25) is 9.78 Å². The molecule has 0 spiro atoms. The molecule has 3 rings (SSSR count). The SMILES string of the molecule is CCCCC(=O)N1CCN(c2ccc(Nc3cccnc3)nn2)CC1. The van der Waals surface area contributed by atoms with E-state index in [4.69, 9.17) is 0 Å². The van der Waals surface area contributed by atoms with Crippen molar-refractivity contribution >= 4 is 23.2 Å². The highest BCUT2D eigenvalue weighted by molar-refractivity contribution is 5.76. The molecule has 1 saturated heterocycles. The molecule has 0 aromatic carbocycles. The van der Waals surface area contributed by atoms with Crippen molar-refractivity contribution in [3.8, 4) is 0 Å². The highest BCUT2D eigenvalue weighted by Crippen LogP contribution is 2.17. The molecule has 0 saturated carbocycles. The molecule has 0 aliphatic carbocycles. The number of pyridine rings is 1. The van der Waals surface area contributed by atoms with E-state index in [9.17, 15) is 4.79 Å². The van der Waals surface area contributed by atoms with Crippen molar-refractivity contribution in [2.24, 2.45) is 0 Å². The van der Waals surface area contributed by atoms with Gasteiger partial charge in [0.05, 0.1) is 11.9 Å². The van der Waals surface area contributed by atoms with E-state index in [1.165, 1.54) is 0 Å². The Balaban J connectivity index is 1.52. The number of aromatic nitrogens is 3. The summed E-state index contributed by atoms with van der Waals surface area (Å²) in [6.07, 6.45) is 6.15. The summed E-state index contributed by atoms with van der Waals surface area (Å²) in [5.74, 6) is 1.80. The third kappa shape index (κ3) is 4.65. The van der Waals surface area contributed by atoms with E-state index in [2.05, 4.69) is 32.3 Å². The molecule has 1 amide bonds. The Morgan fingerprint density at radius 3 is 2.64 bits per heavy atom. The second-order valence-electron chi connectivity index (χ2n) is 6.11. The zero-order valence-electron chi connectivity index (χ0n) is 14.6. The minimum absolute atomic E-state index is 0.267. The second kappa shape index (κ2) is 8.41. The summed E-state index contributed by atoms with van der Waals surface area (Å²) in [5, 5.41) is 11.7. The molecule has 1 aliphatic rings. The third-order valence-corrected chi connectivity index (χ3v) is 4.28. The quantitative estimate of drug-likeness (QED) is 0.871. The number of carbonyl (C=O) groups excluding carboxylic acids is 1. The van der Waals surface area contributed by atoms with Crippen LogP contribution >= 0.6 is 0 Å². The van der Waals surface area contributed by atoms with Gasteiger partial charge in [0.25, 0.3) is 0 Å². The fourth-order valence-electron chi connectivity index (χ4n) is 2.82. The minimum atomic E-state index is 0.267. The Bertz CT molecular complexity index is 668. The molecule has 1 fully saturated rings. The maximum absolute atomic E-state index is 12.1. The van der Waals surface area contributed by atoms with Crippen molar-refractivity contribution in [2.45, 2.75) is 26.2 Å². The Hall–Kier alpha value is -2.70. The summed E-state index contributed by atoms with van der Waals surface area (Å²) in [4.78, 5) is 20.3. The van der Waals surface area contributed by atoms with Crippen LogP contribution in [0.1, 0.15) is 26.2 Å². The van der Waals surface area contributed by atoms with Crippen LogP contribution in [0.3, 0.4) is 0 Å². The summed E-state index contributed by atoms with van der Waals surface area (Å²) in [6, 6.07) is 7.66. The molecule has 25 heavy (non-hydrogen) atoms. The van der Waals surface area contributed by atoms with Crippen LogP contribution in [0.25, 0.3) is 0 Å². The van der Waals surface area contributed by atoms with E-state index in [0.717, 1.165) is 50.5 Å². The van der Waals surface area contributed by atoms with Crippen molar-refractivity contribution < 1.29 is 4.79 Å². The smallest absolute Gasteiger partial charge is 0.222 e. The van der Waals surface area contributed by atoms with Crippen LogP contribution in [0, 0.1) is 0 Å². The van der Waals surface area contributed by atoms with Gasteiger partial charge in [-0.15, -0.1) is 10.2 Å². The first kappa shape index (κ1) is 17.1. The lowest BCUT2D eigenvalue weighted by Gasteiger charge is -2.35. The van der Waals surface area contributed by atoms with Crippen molar-refractivity contribution in [2.75, 3.05) is 36.4 Å². The van der Waals surface area contributed by atoms with Gasteiger partial charge in [-0.1, -0.05) is 13.3 Å². The molecule has 1 N–H and O–H groups in total. The first-order valence-electron chi connectivity index (χ1n) is 8.80.